The van der Waals surface area contributed by atoms with Crippen LogP contribution in [0.25, 0.3) is 0 Å². The Morgan fingerprint density at radius 1 is 1.29 bits per heavy atom. The minimum absolute atomic E-state index is 0.186. The van der Waals surface area contributed by atoms with Crippen molar-refractivity contribution < 1.29 is 9.53 Å². The standard InChI is InChI=1S/C10H12N2OS.C2H6O/c11-8-1-3-9(4-2-8)12-5-6-14-7-10(12)13;1-3-2/h1-4H,5-7,11H2;1-2H3. The summed E-state index contributed by atoms with van der Waals surface area (Å²) >= 11 is 1.69. The van der Waals surface area contributed by atoms with E-state index in [0.717, 1.165) is 23.7 Å². The summed E-state index contributed by atoms with van der Waals surface area (Å²) in [5.41, 5.74) is 7.26. The molecule has 5 heteroatoms. The molecular weight excluding hydrogens is 236 g/mol. The zero-order valence-electron chi connectivity index (χ0n) is 10.2. The first-order valence-electron chi connectivity index (χ1n) is 5.33. The fourth-order valence-electron chi connectivity index (χ4n) is 1.45. The minimum atomic E-state index is 0.186. The third kappa shape index (κ3) is 4.28. The van der Waals surface area contributed by atoms with Crippen molar-refractivity contribution in [1.29, 1.82) is 0 Å². The second-order valence-corrected chi connectivity index (χ2v) is 4.70. The zero-order chi connectivity index (χ0) is 12.7. The van der Waals surface area contributed by atoms with Gasteiger partial charge in [0.25, 0.3) is 0 Å². The fourth-order valence-corrected chi connectivity index (χ4v) is 2.23. The van der Waals surface area contributed by atoms with Gasteiger partial charge >= 0.3 is 0 Å². The van der Waals surface area contributed by atoms with E-state index in [4.69, 9.17) is 5.73 Å². The topological polar surface area (TPSA) is 55.6 Å². The number of hydrogen-bond donors (Lipinski definition) is 1. The molecule has 1 aromatic rings. The number of thioether (sulfide) groups is 1. The maximum atomic E-state index is 11.6. The molecule has 0 bridgehead atoms. The summed E-state index contributed by atoms with van der Waals surface area (Å²) in [5, 5.41) is 0. The summed E-state index contributed by atoms with van der Waals surface area (Å²) in [6.45, 7) is 0.799. The van der Waals surface area contributed by atoms with Gasteiger partial charge in [0, 0.05) is 37.9 Å². The van der Waals surface area contributed by atoms with E-state index in [0.29, 0.717) is 5.75 Å². The maximum absolute atomic E-state index is 11.6. The van der Waals surface area contributed by atoms with Gasteiger partial charge < -0.3 is 15.4 Å². The lowest BCUT2D eigenvalue weighted by atomic mass is 10.2. The van der Waals surface area contributed by atoms with Crippen LogP contribution in [-0.4, -0.2) is 38.2 Å². The molecule has 17 heavy (non-hydrogen) atoms. The van der Waals surface area contributed by atoms with Gasteiger partial charge in [-0.25, -0.2) is 0 Å². The number of methoxy groups -OCH3 is 1. The Morgan fingerprint density at radius 2 is 1.88 bits per heavy atom. The van der Waals surface area contributed by atoms with Gasteiger partial charge in [-0.1, -0.05) is 0 Å². The van der Waals surface area contributed by atoms with E-state index < -0.39 is 0 Å². The van der Waals surface area contributed by atoms with E-state index in [1.54, 1.807) is 26.0 Å². The molecule has 1 aromatic carbocycles. The van der Waals surface area contributed by atoms with Crippen molar-refractivity contribution in [2.24, 2.45) is 0 Å². The number of nitrogen functional groups attached to an aromatic ring is 1. The number of rotatable bonds is 1. The number of nitrogens with zero attached hydrogens (tertiary/aromatic N) is 1. The SMILES string of the molecule is COC.Nc1ccc(N2CCSCC2=O)cc1. The lowest BCUT2D eigenvalue weighted by molar-refractivity contribution is -0.116. The van der Waals surface area contributed by atoms with Crippen LogP contribution in [0.1, 0.15) is 0 Å². The maximum Gasteiger partial charge on any atom is 0.237 e. The van der Waals surface area contributed by atoms with Gasteiger partial charge in [0.1, 0.15) is 0 Å². The molecule has 1 amide bonds. The molecule has 0 aliphatic carbocycles. The molecule has 0 atom stereocenters. The van der Waals surface area contributed by atoms with Crippen LogP contribution in [0, 0.1) is 0 Å². The van der Waals surface area contributed by atoms with E-state index in [1.165, 1.54) is 0 Å². The first-order chi connectivity index (χ1) is 8.19. The highest BCUT2D eigenvalue weighted by atomic mass is 32.2. The van der Waals surface area contributed by atoms with Crippen molar-refractivity contribution in [3.8, 4) is 0 Å². The number of ether oxygens (including phenoxy) is 1. The summed E-state index contributed by atoms with van der Waals surface area (Å²) in [6, 6.07) is 7.43. The van der Waals surface area contributed by atoms with Crippen LogP contribution in [0.5, 0.6) is 0 Å². The Bertz CT molecular complexity index is 354. The van der Waals surface area contributed by atoms with Gasteiger partial charge in [-0.3, -0.25) is 4.79 Å². The van der Waals surface area contributed by atoms with Crippen molar-refractivity contribution in [3.63, 3.8) is 0 Å². The summed E-state index contributed by atoms with van der Waals surface area (Å²) < 4.78 is 4.25. The average Bonchev–Trinajstić information content (AvgIpc) is 2.32. The second kappa shape index (κ2) is 7.19. The van der Waals surface area contributed by atoms with Crippen molar-refractivity contribution in [1.82, 2.24) is 0 Å². The van der Waals surface area contributed by atoms with E-state index in [1.807, 2.05) is 29.2 Å². The monoisotopic (exact) mass is 254 g/mol. The number of anilines is 2. The van der Waals surface area contributed by atoms with Crippen molar-refractivity contribution in [3.05, 3.63) is 24.3 Å². The Labute approximate surface area is 106 Å². The molecule has 2 rings (SSSR count). The minimum Gasteiger partial charge on any atom is -0.399 e. The number of benzene rings is 1. The van der Waals surface area contributed by atoms with Crippen molar-refractivity contribution in [2.45, 2.75) is 0 Å². The Morgan fingerprint density at radius 3 is 2.41 bits per heavy atom. The highest BCUT2D eigenvalue weighted by Gasteiger charge is 2.19. The molecule has 2 N–H and O–H groups in total. The number of carbonyl (C=O) groups excluding carboxylic acids is 1. The molecule has 1 saturated heterocycles. The molecule has 0 radical (unpaired) electrons. The first kappa shape index (κ1) is 13.9. The predicted octanol–water partition coefficient (Wildman–Crippen LogP) is 1.61. The molecule has 94 valence electrons. The fraction of sp³-hybridized carbons (Fsp3) is 0.417. The third-order valence-corrected chi connectivity index (χ3v) is 3.11. The molecule has 0 aromatic heterocycles. The number of hydrogen-bond acceptors (Lipinski definition) is 4. The smallest absolute Gasteiger partial charge is 0.237 e. The van der Waals surface area contributed by atoms with Gasteiger partial charge in [0.05, 0.1) is 5.75 Å². The zero-order valence-corrected chi connectivity index (χ0v) is 11.0. The van der Waals surface area contributed by atoms with Crippen molar-refractivity contribution >= 4 is 29.0 Å². The van der Waals surface area contributed by atoms with E-state index in [2.05, 4.69) is 4.74 Å². The number of nitrogens with two attached hydrogens (primary N) is 1. The predicted molar refractivity (Wildman–Crippen MR) is 73.5 cm³/mol. The average molecular weight is 254 g/mol. The molecule has 1 fully saturated rings. The quantitative estimate of drug-likeness (QED) is 0.774. The van der Waals surface area contributed by atoms with E-state index in [-0.39, 0.29) is 5.91 Å². The van der Waals surface area contributed by atoms with Gasteiger partial charge in [0.2, 0.25) is 5.91 Å². The van der Waals surface area contributed by atoms with E-state index >= 15 is 0 Å². The number of carbonyl (C=O) groups is 1. The highest BCUT2D eigenvalue weighted by Crippen LogP contribution is 2.21. The van der Waals surface area contributed by atoms with Crippen LogP contribution in [0.2, 0.25) is 0 Å². The highest BCUT2D eigenvalue weighted by molar-refractivity contribution is 8.00. The molecule has 0 saturated carbocycles. The van der Waals surface area contributed by atoms with Crippen LogP contribution >= 0.6 is 11.8 Å². The molecule has 1 heterocycles. The Kier molecular flexibility index (Phi) is 5.86. The van der Waals surface area contributed by atoms with Gasteiger partial charge in [-0.2, -0.15) is 11.8 Å². The Balaban J connectivity index is 0.000000437. The molecule has 0 spiro atoms. The molecule has 1 aliphatic heterocycles. The lowest BCUT2D eigenvalue weighted by Crippen LogP contribution is -2.38. The molecule has 4 nitrogen and oxygen atoms in total. The summed E-state index contributed by atoms with van der Waals surface area (Å²) in [5.74, 6) is 1.78. The first-order valence-corrected chi connectivity index (χ1v) is 6.48. The molecule has 0 unspecified atom stereocenters. The van der Waals surface area contributed by atoms with Gasteiger partial charge in [-0.15, -0.1) is 0 Å². The normalized spacial score (nSPS) is 15.2. The molecular formula is C12H18N2O2S. The van der Waals surface area contributed by atoms with Crippen LogP contribution in [0.15, 0.2) is 24.3 Å². The number of amides is 1. The van der Waals surface area contributed by atoms with Crippen LogP contribution in [0.3, 0.4) is 0 Å². The van der Waals surface area contributed by atoms with E-state index in [9.17, 15) is 4.79 Å². The molecule has 1 aliphatic rings. The van der Waals surface area contributed by atoms with Crippen LogP contribution in [-0.2, 0) is 9.53 Å². The lowest BCUT2D eigenvalue weighted by Gasteiger charge is -2.26. The summed E-state index contributed by atoms with van der Waals surface area (Å²) in [6.07, 6.45) is 0. The summed E-state index contributed by atoms with van der Waals surface area (Å²) in [4.78, 5) is 13.4. The van der Waals surface area contributed by atoms with Gasteiger partial charge in [-0.05, 0) is 24.3 Å². The Hall–Kier alpha value is -1.20. The van der Waals surface area contributed by atoms with Crippen LogP contribution in [0.4, 0.5) is 11.4 Å². The largest absolute Gasteiger partial charge is 0.399 e. The van der Waals surface area contributed by atoms with Crippen LogP contribution < -0.4 is 10.6 Å². The summed E-state index contributed by atoms with van der Waals surface area (Å²) in [7, 11) is 3.25. The van der Waals surface area contributed by atoms with Gasteiger partial charge in [0.15, 0.2) is 0 Å². The van der Waals surface area contributed by atoms with Crippen molar-refractivity contribution in [2.75, 3.05) is 42.9 Å². The third-order valence-electron chi connectivity index (χ3n) is 2.19. The second-order valence-electron chi connectivity index (χ2n) is 3.60.